The predicted octanol–water partition coefficient (Wildman–Crippen LogP) is 4.43. The van der Waals surface area contributed by atoms with Crippen LogP contribution in [-0.2, 0) is 0 Å². The highest BCUT2D eigenvalue weighted by atomic mass is 14.7. The van der Waals surface area contributed by atoms with Crippen LogP contribution in [0.2, 0.25) is 0 Å². The Hall–Kier alpha value is -2.48. The summed E-state index contributed by atoms with van der Waals surface area (Å²) in [5.74, 6) is 0. The fraction of sp³-hybridized carbons (Fsp3) is 0.111. The molecule has 1 aromatic carbocycles. The largest absolute Gasteiger partial charge is 0.261 e. The number of nitrogens with zero attached hydrogens (tertiary/aromatic N) is 2. The van der Waals surface area contributed by atoms with Crippen LogP contribution in [0.4, 0.5) is 0 Å². The first-order chi connectivity index (χ1) is 9.74. The van der Waals surface area contributed by atoms with E-state index in [0.717, 1.165) is 22.5 Å². The summed E-state index contributed by atoms with van der Waals surface area (Å²) in [5.41, 5.74) is 6.65. The number of rotatable bonds is 2. The van der Waals surface area contributed by atoms with Crippen LogP contribution in [0.15, 0.2) is 60.9 Å². The first-order valence-electron chi connectivity index (χ1n) is 6.69. The Labute approximate surface area is 119 Å². The van der Waals surface area contributed by atoms with Gasteiger partial charge in [0.1, 0.15) is 0 Å². The van der Waals surface area contributed by atoms with Crippen molar-refractivity contribution in [1.82, 2.24) is 9.97 Å². The summed E-state index contributed by atoms with van der Waals surface area (Å²) < 4.78 is 0. The molecule has 2 aromatic heterocycles. The van der Waals surface area contributed by atoms with E-state index >= 15 is 0 Å². The molecule has 0 spiro atoms. The molecular weight excluding hydrogens is 244 g/mol. The molecule has 0 aliphatic heterocycles. The van der Waals surface area contributed by atoms with Gasteiger partial charge in [0.05, 0.1) is 5.69 Å². The smallest absolute Gasteiger partial charge is 0.0720 e. The van der Waals surface area contributed by atoms with Gasteiger partial charge in [-0.05, 0) is 37.6 Å². The lowest BCUT2D eigenvalue weighted by Gasteiger charge is -2.06. The third-order valence-electron chi connectivity index (χ3n) is 3.43. The van der Waals surface area contributed by atoms with E-state index in [9.17, 15) is 0 Å². The van der Waals surface area contributed by atoms with Crippen molar-refractivity contribution in [1.29, 1.82) is 0 Å². The maximum Gasteiger partial charge on any atom is 0.0720 e. The Morgan fingerprint density at radius 2 is 1.50 bits per heavy atom. The molecule has 0 saturated heterocycles. The standard InChI is InChI=1S/C18H16N2/c1-13-5-7-15(8-6-13)16-9-10-18(20-12-16)17-4-3-11-19-14(17)2/h3-12H,1-2H3. The van der Waals surface area contributed by atoms with Crippen LogP contribution >= 0.6 is 0 Å². The van der Waals surface area contributed by atoms with Crippen LogP contribution in [0, 0.1) is 13.8 Å². The van der Waals surface area contributed by atoms with Crippen molar-refractivity contribution in [2.45, 2.75) is 13.8 Å². The summed E-state index contributed by atoms with van der Waals surface area (Å²) in [6, 6.07) is 16.7. The molecule has 3 aromatic rings. The molecule has 3 rings (SSSR count). The van der Waals surface area contributed by atoms with E-state index in [0.29, 0.717) is 0 Å². The number of aryl methyl sites for hydroxylation is 2. The monoisotopic (exact) mass is 260 g/mol. The normalized spacial score (nSPS) is 10.5. The zero-order chi connectivity index (χ0) is 13.9. The molecule has 0 amide bonds. The minimum Gasteiger partial charge on any atom is -0.261 e. The van der Waals surface area contributed by atoms with Gasteiger partial charge in [0, 0.05) is 29.2 Å². The van der Waals surface area contributed by atoms with Crippen LogP contribution in [0.3, 0.4) is 0 Å². The van der Waals surface area contributed by atoms with E-state index in [1.807, 2.05) is 19.2 Å². The Morgan fingerprint density at radius 3 is 2.15 bits per heavy atom. The van der Waals surface area contributed by atoms with Crippen molar-refractivity contribution < 1.29 is 0 Å². The summed E-state index contributed by atoms with van der Waals surface area (Å²) in [6.07, 6.45) is 3.73. The molecule has 0 atom stereocenters. The number of pyridine rings is 2. The third-order valence-corrected chi connectivity index (χ3v) is 3.43. The van der Waals surface area contributed by atoms with Crippen LogP contribution in [0.5, 0.6) is 0 Å². The lowest BCUT2D eigenvalue weighted by molar-refractivity contribution is 1.19. The van der Waals surface area contributed by atoms with Gasteiger partial charge in [0.15, 0.2) is 0 Å². The van der Waals surface area contributed by atoms with Crippen molar-refractivity contribution in [3.8, 4) is 22.4 Å². The van der Waals surface area contributed by atoms with Gasteiger partial charge in [-0.2, -0.15) is 0 Å². The maximum atomic E-state index is 4.57. The minimum atomic E-state index is 0.964. The van der Waals surface area contributed by atoms with Gasteiger partial charge in [0.25, 0.3) is 0 Å². The summed E-state index contributed by atoms with van der Waals surface area (Å²) in [4.78, 5) is 8.87. The first kappa shape index (κ1) is 12.5. The van der Waals surface area contributed by atoms with Gasteiger partial charge in [-0.25, -0.2) is 0 Å². The maximum absolute atomic E-state index is 4.57. The van der Waals surface area contributed by atoms with E-state index in [4.69, 9.17) is 0 Å². The predicted molar refractivity (Wildman–Crippen MR) is 82.4 cm³/mol. The molecule has 2 heterocycles. The van der Waals surface area contributed by atoms with Crippen molar-refractivity contribution in [3.63, 3.8) is 0 Å². The molecule has 2 nitrogen and oxygen atoms in total. The van der Waals surface area contributed by atoms with E-state index in [1.54, 1.807) is 6.20 Å². The van der Waals surface area contributed by atoms with E-state index in [2.05, 4.69) is 59.4 Å². The highest BCUT2D eigenvalue weighted by molar-refractivity contribution is 5.67. The fourth-order valence-electron chi connectivity index (χ4n) is 2.22. The molecule has 0 radical (unpaired) electrons. The minimum absolute atomic E-state index is 0.964. The van der Waals surface area contributed by atoms with Gasteiger partial charge in [-0.3, -0.25) is 9.97 Å². The van der Waals surface area contributed by atoms with Crippen LogP contribution in [0.1, 0.15) is 11.3 Å². The number of aromatic nitrogens is 2. The molecule has 20 heavy (non-hydrogen) atoms. The topological polar surface area (TPSA) is 25.8 Å². The molecule has 0 unspecified atom stereocenters. The Kier molecular flexibility index (Phi) is 3.30. The van der Waals surface area contributed by atoms with E-state index in [1.165, 1.54) is 11.1 Å². The molecule has 0 aliphatic rings. The molecule has 0 bridgehead atoms. The Balaban J connectivity index is 1.96. The van der Waals surface area contributed by atoms with Crippen molar-refractivity contribution in [2.24, 2.45) is 0 Å². The Morgan fingerprint density at radius 1 is 0.750 bits per heavy atom. The molecule has 0 N–H and O–H groups in total. The highest BCUT2D eigenvalue weighted by Crippen LogP contribution is 2.23. The molecule has 0 aliphatic carbocycles. The molecule has 2 heteroatoms. The first-order valence-corrected chi connectivity index (χ1v) is 6.69. The Bertz CT molecular complexity index is 713. The van der Waals surface area contributed by atoms with E-state index in [-0.39, 0.29) is 0 Å². The summed E-state index contributed by atoms with van der Waals surface area (Å²) in [7, 11) is 0. The SMILES string of the molecule is Cc1ccc(-c2ccc(-c3cccnc3C)nc2)cc1. The summed E-state index contributed by atoms with van der Waals surface area (Å²) in [6.45, 7) is 4.10. The fourth-order valence-corrected chi connectivity index (χ4v) is 2.22. The van der Waals surface area contributed by atoms with Crippen molar-refractivity contribution >= 4 is 0 Å². The number of hydrogen-bond donors (Lipinski definition) is 0. The number of benzene rings is 1. The van der Waals surface area contributed by atoms with Crippen LogP contribution in [-0.4, -0.2) is 9.97 Å². The average molecular weight is 260 g/mol. The van der Waals surface area contributed by atoms with Crippen LogP contribution < -0.4 is 0 Å². The van der Waals surface area contributed by atoms with Crippen LogP contribution in [0.25, 0.3) is 22.4 Å². The van der Waals surface area contributed by atoms with Gasteiger partial charge in [0.2, 0.25) is 0 Å². The van der Waals surface area contributed by atoms with Crippen molar-refractivity contribution in [3.05, 3.63) is 72.2 Å². The van der Waals surface area contributed by atoms with Gasteiger partial charge >= 0.3 is 0 Å². The van der Waals surface area contributed by atoms with Gasteiger partial charge < -0.3 is 0 Å². The highest BCUT2D eigenvalue weighted by Gasteiger charge is 2.04. The number of hydrogen-bond acceptors (Lipinski definition) is 2. The third kappa shape index (κ3) is 2.45. The van der Waals surface area contributed by atoms with Gasteiger partial charge in [-0.15, -0.1) is 0 Å². The zero-order valence-electron chi connectivity index (χ0n) is 11.7. The molecule has 98 valence electrons. The summed E-state index contributed by atoms with van der Waals surface area (Å²) >= 11 is 0. The quantitative estimate of drug-likeness (QED) is 0.681. The zero-order valence-corrected chi connectivity index (χ0v) is 11.7. The molecular formula is C18H16N2. The second-order valence-corrected chi connectivity index (χ2v) is 4.93. The lowest BCUT2D eigenvalue weighted by Crippen LogP contribution is -1.90. The molecule has 0 saturated carbocycles. The second-order valence-electron chi connectivity index (χ2n) is 4.93. The average Bonchev–Trinajstić information content (AvgIpc) is 2.49. The molecule has 0 fully saturated rings. The summed E-state index contributed by atoms with van der Waals surface area (Å²) in [5, 5.41) is 0. The van der Waals surface area contributed by atoms with E-state index < -0.39 is 0 Å². The lowest BCUT2D eigenvalue weighted by atomic mass is 10.0. The second kappa shape index (κ2) is 5.25. The van der Waals surface area contributed by atoms with Gasteiger partial charge in [-0.1, -0.05) is 35.9 Å². The van der Waals surface area contributed by atoms with Crippen molar-refractivity contribution in [2.75, 3.05) is 0 Å².